The average Bonchev–Trinajstić information content (AvgIpc) is 3.55. The molecule has 0 radical (unpaired) electrons. The Bertz CT molecular complexity index is 1860. The fourth-order valence-corrected chi connectivity index (χ4v) is 8.23. The molecule has 3 aliphatic carbocycles. The number of carbonyl (C=O) groups is 4. The smallest absolute Gasteiger partial charge is 0.316 e. The number of carbonyl (C=O) groups excluding carboxylic acids is 4. The molecule has 2 saturated heterocycles. The van der Waals surface area contributed by atoms with Gasteiger partial charge in [0.25, 0.3) is 0 Å². The predicted molar refractivity (Wildman–Crippen MR) is 170 cm³/mol. The molecule has 4 aromatic carbocycles. The minimum atomic E-state index is -0.698. The van der Waals surface area contributed by atoms with E-state index in [9.17, 15) is 19.2 Å². The molecular formula is C36H26Cl2N2O5. The molecule has 224 valence electrons. The molecule has 9 rings (SSSR count). The minimum Gasteiger partial charge on any atom is -0.426 e. The molecule has 2 heterocycles. The number of aryl methyl sites for hydroxylation is 1. The Morgan fingerprint density at radius 2 is 1.33 bits per heavy atom. The molecule has 3 amide bonds. The van der Waals surface area contributed by atoms with Gasteiger partial charge in [0.05, 0.1) is 34.2 Å². The molecular weight excluding hydrogens is 611 g/mol. The van der Waals surface area contributed by atoms with Crippen LogP contribution in [0.5, 0.6) is 5.75 Å². The first-order valence-electron chi connectivity index (χ1n) is 14.9. The number of ether oxygens (including phenoxy) is 1. The quantitative estimate of drug-likeness (QED) is 0.142. The van der Waals surface area contributed by atoms with Gasteiger partial charge in [-0.2, -0.15) is 0 Å². The van der Waals surface area contributed by atoms with Crippen LogP contribution in [0, 0.1) is 24.7 Å². The van der Waals surface area contributed by atoms with Gasteiger partial charge in [0.15, 0.2) is 0 Å². The van der Waals surface area contributed by atoms with Crippen LogP contribution in [-0.2, 0) is 19.2 Å². The van der Waals surface area contributed by atoms with Gasteiger partial charge in [-0.3, -0.25) is 19.2 Å². The average molecular weight is 638 g/mol. The molecule has 45 heavy (non-hydrogen) atoms. The van der Waals surface area contributed by atoms with Gasteiger partial charge in [-0.05, 0) is 71.1 Å². The highest BCUT2D eigenvalue weighted by molar-refractivity contribution is 6.36. The summed E-state index contributed by atoms with van der Waals surface area (Å²) in [5.74, 6) is -3.00. The maximum absolute atomic E-state index is 14.1. The third-order valence-corrected chi connectivity index (χ3v) is 10.3. The van der Waals surface area contributed by atoms with Crippen molar-refractivity contribution < 1.29 is 23.9 Å². The van der Waals surface area contributed by atoms with Crippen molar-refractivity contribution in [2.45, 2.75) is 25.2 Å². The van der Waals surface area contributed by atoms with Crippen molar-refractivity contribution in [2.24, 2.45) is 17.8 Å². The van der Waals surface area contributed by atoms with Crippen molar-refractivity contribution in [3.8, 4) is 5.75 Å². The fourth-order valence-electron chi connectivity index (χ4n) is 7.85. The number of rotatable bonds is 4. The molecule has 4 aromatic rings. The molecule has 9 heteroatoms. The summed E-state index contributed by atoms with van der Waals surface area (Å²) in [4.78, 5) is 56.9. The first-order chi connectivity index (χ1) is 21.7. The lowest BCUT2D eigenvalue weighted by Gasteiger charge is -2.45. The molecule has 2 bridgehead atoms. The van der Waals surface area contributed by atoms with Crippen LogP contribution in [0.1, 0.15) is 46.1 Å². The summed E-state index contributed by atoms with van der Waals surface area (Å²) in [5.41, 5.74) is 6.02. The van der Waals surface area contributed by atoms with E-state index in [4.69, 9.17) is 27.9 Å². The van der Waals surface area contributed by atoms with Crippen molar-refractivity contribution in [1.82, 2.24) is 0 Å². The molecule has 0 aromatic heterocycles. The second-order valence-corrected chi connectivity index (χ2v) is 13.0. The monoisotopic (exact) mass is 636 g/mol. The number of hydrogen-bond acceptors (Lipinski definition) is 5. The molecule has 0 saturated carbocycles. The Hall–Kier alpha value is -4.46. The maximum Gasteiger partial charge on any atom is 0.316 e. The highest BCUT2D eigenvalue weighted by Gasteiger charge is 2.61. The van der Waals surface area contributed by atoms with Crippen molar-refractivity contribution >= 4 is 58.3 Å². The SMILES string of the molecule is Cc1cc(OC(=O)[C@@H]2CC(=O)N(c3cc(Cl)ccc3Cl)C2)ccc1N1C(=O)[C@H]2C3c4ccccc4C(c4ccccc43)[C@@H]2C1=O. The lowest BCUT2D eigenvalue weighted by atomic mass is 9.55. The molecule has 0 spiro atoms. The minimum absolute atomic E-state index is 0.0224. The van der Waals surface area contributed by atoms with Crippen LogP contribution in [0.25, 0.3) is 0 Å². The number of anilines is 2. The van der Waals surface area contributed by atoms with Crippen LogP contribution in [0.4, 0.5) is 11.4 Å². The highest BCUT2D eigenvalue weighted by atomic mass is 35.5. The molecule has 0 N–H and O–H groups in total. The van der Waals surface area contributed by atoms with E-state index in [1.165, 1.54) is 9.80 Å². The summed E-state index contributed by atoms with van der Waals surface area (Å²) in [6, 6.07) is 26.0. The van der Waals surface area contributed by atoms with Crippen molar-refractivity contribution in [3.05, 3.63) is 123 Å². The van der Waals surface area contributed by atoms with E-state index in [1.54, 1.807) is 43.3 Å². The Kier molecular flexibility index (Phi) is 6.41. The summed E-state index contributed by atoms with van der Waals surface area (Å²) in [7, 11) is 0. The number of imide groups is 1. The van der Waals surface area contributed by atoms with Crippen molar-refractivity contribution in [1.29, 1.82) is 0 Å². The standard InChI is InChI=1S/C36H26Cl2N2O5/c1-18-14-21(45-36(44)19-15-29(41)39(17-19)28-16-20(37)10-12-26(28)38)11-13-27(18)40-34(42)32-30-22-6-2-3-7-23(22)31(33(32)35(40)43)25-9-5-4-8-24(25)30/h2-14,16,19,30-33H,15,17H2,1H3/t19-,30?,31?,32+,33+/m1/s1. The van der Waals surface area contributed by atoms with Gasteiger partial charge < -0.3 is 9.64 Å². The van der Waals surface area contributed by atoms with E-state index in [2.05, 4.69) is 24.3 Å². The summed E-state index contributed by atoms with van der Waals surface area (Å²) < 4.78 is 5.70. The van der Waals surface area contributed by atoms with Crippen LogP contribution in [-0.4, -0.2) is 30.2 Å². The maximum atomic E-state index is 14.1. The van der Waals surface area contributed by atoms with Gasteiger partial charge >= 0.3 is 5.97 Å². The van der Waals surface area contributed by atoms with E-state index in [-0.39, 0.29) is 48.3 Å². The fraction of sp³-hybridized carbons (Fsp3) is 0.222. The Morgan fingerprint density at radius 3 is 1.89 bits per heavy atom. The van der Waals surface area contributed by atoms with Gasteiger partial charge in [0.1, 0.15) is 5.75 Å². The normalized spacial score (nSPS) is 24.5. The van der Waals surface area contributed by atoms with Crippen LogP contribution in [0.15, 0.2) is 84.9 Å². The number of halogens is 2. The van der Waals surface area contributed by atoms with Gasteiger partial charge in [0, 0.05) is 29.8 Å². The number of nitrogens with zero attached hydrogens (tertiary/aromatic N) is 2. The summed E-state index contributed by atoms with van der Waals surface area (Å²) >= 11 is 12.4. The largest absolute Gasteiger partial charge is 0.426 e. The summed E-state index contributed by atoms with van der Waals surface area (Å²) in [6.07, 6.45) is -0.0224. The zero-order chi connectivity index (χ0) is 31.1. The van der Waals surface area contributed by atoms with Gasteiger partial charge in [0.2, 0.25) is 17.7 Å². The third-order valence-electron chi connectivity index (χ3n) is 9.73. The van der Waals surface area contributed by atoms with E-state index < -0.39 is 23.7 Å². The zero-order valence-electron chi connectivity index (χ0n) is 24.1. The van der Waals surface area contributed by atoms with Crippen LogP contribution >= 0.6 is 23.2 Å². The van der Waals surface area contributed by atoms with E-state index in [0.29, 0.717) is 27.0 Å². The highest BCUT2D eigenvalue weighted by Crippen LogP contribution is 2.61. The van der Waals surface area contributed by atoms with Gasteiger partial charge in [-0.15, -0.1) is 0 Å². The number of benzene rings is 4. The number of hydrogen-bond donors (Lipinski definition) is 0. The van der Waals surface area contributed by atoms with E-state index in [0.717, 1.165) is 22.3 Å². The van der Waals surface area contributed by atoms with Crippen molar-refractivity contribution in [2.75, 3.05) is 16.3 Å². The molecule has 0 unspecified atom stereocenters. The first kappa shape index (κ1) is 28.0. The second kappa shape index (κ2) is 10.3. The van der Waals surface area contributed by atoms with Crippen LogP contribution in [0.2, 0.25) is 10.0 Å². The Balaban J connectivity index is 1.04. The van der Waals surface area contributed by atoms with Gasteiger partial charge in [-0.1, -0.05) is 71.7 Å². The topological polar surface area (TPSA) is 84.0 Å². The molecule has 7 nitrogen and oxygen atoms in total. The number of esters is 1. The third kappa shape index (κ3) is 4.17. The van der Waals surface area contributed by atoms with E-state index in [1.807, 2.05) is 24.3 Å². The second-order valence-electron chi connectivity index (χ2n) is 12.1. The Labute approximate surface area is 269 Å². The zero-order valence-corrected chi connectivity index (χ0v) is 25.6. The van der Waals surface area contributed by atoms with Crippen LogP contribution < -0.4 is 14.5 Å². The molecule has 3 atom stereocenters. The molecule has 2 aliphatic heterocycles. The molecule has 2 fully saturated rings. The lowest BCUT2D eigenvalue weighted by Crippen LogP contribution is -2.41. The Morgan fingerprint density at radius 1 is 0.756 bits per heavy atom. The summed E-state index contributed by atoms with van der Waals surface area (Å²) in [5, 5.41) is 0.791. The molecule has 5 aliphatic rings. The summed E-state index contributed by atoms with van der Waals surface area (Å²) in [6.45, 7) is 1.90. The van der Waals surface area contributed by atoms with Crippen molar-refractivity contribution in [3.63, 3.8) is 0 Å². The lowest BCUT2D eigenvalue weighted by molar-refractivity contribution is -0.139. The van der Waals surface area contributed by atoms with Gasteiger partial charge in [-0.25, -0.2) is 4.90 Å². The number of amides is 3. The van der Waals surface area contributed by atoms with E-state index >= 15 is 0 Å². The predicted octanol–water partition coefficient (Wildman–Crippen LogP) is 6.66. The first-order valence-corrected chi connectivity index (χ1v) is 15.6. The van der Waals surface area contributed by atoms with Crippen LogP contribution in [0.3, 0.4) is 0 Å².